The van der Waals surface area contributed by atoms with Crippen LogP contribution in [0.5, 0.6) is 0 Å². The Balaban J connectivity index is 3.35. The third kappa shape index (κ3) is 3.68. The third-order valence-corrected chi connectivity index (χ3v) is 2.57. The zero-order chi connectivity index (χ0) is 15.3. The summed E-state index contributed by atoms with van der Waals surface area (Å²) < 4.78 is 0. The van der Waals surface area contributed by atoms with E-state index in [0.29, 0.717) is 6.54 Å². The van der Waals surface area contributed by atoms with Crippen LogP contribution >= 0.6 is 0 Å². The highest BCUT2D eigenvalue weighted by atomic mass is 16.6. The molecule has 0 atom stereocenters. The number of para-hydroxylation sites is 1. The van der Waals surface area contributed by atoms with E-state index in [-0.39, 0.29) is 29.4 Å². The number of aliphatic carboxylic acids is 1. The van der Waals surface area contributed by atoms with Gasteiger partial charge in [0, 0.05) is 6.54 Å². The molecule has 0 aliphatic carbocycles. The van der Waals surface area contributed by atoms with E-state index in [4.69, 9.17) is 10.4 Å². The highest BCUT2D eigenvalue weighted by molar-refractivity contribution is 5.77. The van der Waals surface area contributed by atoms with Crippen LogP contribution in [-0.4, -0.2) is 29.1 Å². The van der Waals surface area contributed by atoms with Crippen LogP contribution in [0.4, 0.5) is 11.4 Å². The number of benzene rings is 1. The lowest BCUT2D eigenvalue weighted by atomic mass is 10.1. The first-order valence-corrected chi connectivity index (χ1v) is 6.01. The van der Waals surface area contributed by atoms with Crippen molar-refractivity contribution in [2.24, 2.45) is 5.92 Å². The predicted octanol–water partition coefficient (Wildman–Crippen LogP) is 2.01. The standard InChI is InChI=1S/C13H15N3O4/c1-9(2)7-15(8-12(17)18)11-5-3-4-10(6-14)13(11)16(19)20/h3-5,9H,7-8H2,1-2H3,(H,17,18). The fourth-order valence-corrected chi connectivity index (χ4v) is 1.92. The lowest BCUT2D eigenvalue weighted by Crippen LogP contribution is -2.33. The number of nitro benzene ring substituents is 1. The Kier molecular flexibility index (Phi) is 5.03. The van der Waals surface area contributed by atoms with Crippen LogP contribution < -0.4 is 4.90 Å². The van der Waals surface area contributed by atoms with Crippen LogP contribution in [0.15, 0.2) is 18.2 Å². The van der Waals surface area contributed by atoms with Gasteiger partial charge in [0.05, 0.1) is 4.92 Å². The Hall–Kier alpha value is -2.62. The molecule has 0 saturated heterocycles. The lowest BCUT2D eigenvalue weighted by molar-refractivity contribution is -0.384. The first-order valence-electron chi connectivity index (χ1n) is 6.01. The van der Waals surface area contributed by atoms with Gasteiger partial charge in [0.25, 0.3) is 0 Å². The van der Waals surface area contributed by atoms with Crippen molar-refractivity contribution in [2.75, 3.05) is 18.0 Å². The van der Waals surface area contributed by atoms with Gasteiger partial charge in [0.15, 0.2) is 0 Å². The molecule has 0 saturated carbocycles. The second-order valence-electron chi connectivity index (χ2n) is 4.71. The van der Waals surface area contributed by atoms with E-state index >= 15 is 0 Å². The van der Waals surface area contributed by atoms with Gasteiger partial charge in [0.1, 0.15) is 23.9 Å². The molecule has 0 fully saturated rings. The SMILES string of the molecule is CC(C)CN(CC(=O)O)c1cccc(C#N)c1[N+](=O)[O-]. The van der Waals surface area contributed by atoms with Gasteiger partial charge in [0.2, 0.25) is 0 Å². The van der Waals surface area contributed by atoms with E-state index in [0.717, 1.165) is 0 Å². The molecule has 0 bridgehead atoms. The molecule has 7 heteroatoms. The molecule has 106 valence electrons. The van der Waals surface area contributed by atoms with E-state index in [2.05, 4.69) is 0 Å². The molecular formula is C13H15N3O4. The monoisotopic (exact) mass is 277 g/mol. The fraction of sp³-hybridized carbons (Fsp3) is 0.385. The number of nitro groups is 1. The number of hydrogen-bond acceptors (Lipinski definition) is 5. The van der Waals surface area contributed by atoms with E-state index < -0.39 is 10.9 Å². The third-order valence-electron chi connectivity index (χ3n) is 2.57. The summed E-state index contributed by atoms with van der Waals surface area (Å²) in [4.78, 5) is 22.8. The fourth-order valence-electron chi connectivity index (χ4n) is 1.92. The molecule has 1 aromatic rings. The van der Waals surface area contributed by atoms with Gasteiger partial charge >= 0.3 is 11.7 Å². The topological polar surface area (TPSA) is 107 Å². The number of nitrogens with zero attached hydrogens (tertiary/aromatic N) is 3. The van der Waals surface area contributed by atoms with Crippen molar-refractivity contribution in [3.05, 3.63) is 33.9 Å². The van der Waals surface area contributed by atoms with E-state index in [1.165, 1.54) is 23.1 Å². The van der Waals surface area contributed by atoms with Gasteiger partial charge in [-0.3, -0.25) is 14.9 Å². The highest BCUT2D eigenvalue weighted by Crippen LogP contribution is 2.31. The van der Waals surface area contributed by atoms with Crippen molar-refractivity contribution in [3.8, 4) is 6.07 Å². The second kappa shape index (κ2) is 6.52. The maximum Gasteiger partial charge on any atom is 0.323 e. The molecule has 1 aromatic carbocycles. The van der Waals surface area contributed by atoms with Gasteiger partial charge in [-0.1, -0.05) is 19.9 Å². The number of carboxylic acid groups (broad SMARTS) is 1. The Labute approximate surface area is 116 Å². The van der Waals surface area contributed by atoms with Crippen molar-refractivity contribution in [3.63, 3.8) is 0 Å². The molecule has 20 heavy (non-hydrogen) atoms. The lowest BCUT2D eigenvalue weighted by Gasteiger charge is -2.24. The summed E-state index contributed by atoms with van der Waals surface area (Å²) in [6, 6.07) is 6.08. The molecule has 0 heterocycles. The number of carbonyl (C=O) groups is 1. The summed E-state index contributed by atoms with van der Waals surface area (Å²) in [5, 5.41) is 29.0. The first kappa shape index (κ1) is 15.4. The largest absolute Gasteiger partial charge is 0.480 e. The van der Waals surface area contributed by atoms with Crippen molar-refractivity contribution >= 4 is 17.3 Å². The smallest absolute Gasteiger partial charge is 0.323 e. The quantitative estimate of drug-likeness (QED) is 0.629. The van der Waals surface area contributed by atoms with Crippen LogP contribution in [0.25, 0.3) is 0 Å². The van der Waals surface area contributed by atoms with E-state index in [1.54, 1.807) is 6.07 Å². The second-order valence-corrected chi connectivity index (χ2v) is 4.71. The molecule has 1 N–H and O–H groups in total. The highest BCUT2D eigenvalue weighted by Gasteiger charge is 2.25. The van der Waals surface area contributed by atoms with Gasteiger partial charge in [-0.25, -0.2) is 0 Å². The van der Waals surface area contributed by atoms with Crippen molar-refractivity contribution < 1.29 is 14.8 Å². The number of carboxylic acids is 1. The number of nitriles is 1. The Morgan fingerprint density at radius 2 is 2.20 bits per heavy atom. The summed E-state index contributed by atoms with van der Waals surface area (Å²) in [6.07, 6.45) is 0. The van der Waals surface area contributed by atoms with Gasteiger partial charge in [-0.15, -0.1) is 0 Å². The minimum Gasteiger partial charge on any atom is -0.480 e. The molecule has 0 spiro atoms. The zero-order valence-electron chi connectivity index (χ0n) is 11.2. The Bertz CT molecular complexity index is 563. The van der Waals surface area contributed by atoms with Gasteiger partial charge in [-0.05, 0) is 18.1 Å². The summed E-state index contributed by atoms with van der Waals surface area (Å²) in [6.45, 7) is 3.76. The molecular weight excluding hydrogens is 262 g/mol. The molecule has 0 radical (unpaired) electrons. The first-order chi connectivity index (χ1) is 9.36. The molecule has 0 aliphatic heterocycles. The molecule has 7 nitrogen and oxygen atoms in total. The van der Waals surface area contributed by atoms with E-state index in [9.17, 15) is 14.9 Å². The van der Waals surface area contributed by atoms with E-state index in [1.807, 2.05) is 13.8 Å². The molecule has 1 rings (SSSR count). The summed E-state index contributed by atoms with van der Waals surface area (Å²) >= 11 is 0. The maximum atomic E-state index is 11.2. The molecule has 0 amide bonds. The number of rotatable bonds is 6. The van der Waals surface area contributed by atoms with Crippen LogP contribution in [0, 0.1) is 27.4 Å². The van der Waals surface area contributed by atoms with Crippen molar-refractivity contribution in [1.29, 1.82) is 5.26 Å². The summed E-state index contributed by atoms with van der Waals surface area (Å²) in [7, 11) is 0. The maximum absolute atomic E-state index is 11.2. The van der Waals surface area contributed by atoms with Gasteiger partial charge < -0.3 is 10.0 Å². The zero-order valence-corrected chi connectivity index (χ0v) is 11.2. The minimum atomic E-state index is -1.08. The van der Waals surface area contributed by atoms with Crippen molar-refractivity contribution in [2.45, 2.75) is 13.8 Å². The van der Waals surface area contributed by atoms with Crippen LogP contribution in [-0.2, 0) is 4.79 Å². The Morgan fingerprint density at radius 1 is 1.55 bits per heavy atom. The molecule has 0 aliphatic rings. The predicted molar refractivity (Wildman–Crippen MR) is 72.5 cm³/mol. The Morgan fingerprint density at radius 3 is 2.65 bits per heavy atom. The molecule has 0 aromatic heterocycles. The van der Waals surface area contributed by atoms with Crippen LogP contribution in [0.1, 0.15) is 19.4 Å². The van der Waals surface area contributed by atoms with Crippen LogP contribution in [0.3, 0.4) is 0 Å². The average molecular weight is 277 g/mol. The van der Waals surface area contributed by atoms with Gasteiger partial charge in [-0.2, -0.15) is 5.26 Å². The van der Waals surface area contributed by atoms with Crippen molar-refractivity contribution in [1.82, 2.24) is 0 Å². The number of anilines is 1. The molecule has 0 unspecified atom stereocenters. The summed E-state index contributed by atoms with van der Waals surface area (Å²) in [5.41, 5.74) is -0.270. The number of hydrogen-bond donors (Lipinski definition) is 1. The van der Waals surface area contributed by atoms with Crippen LogP contribution in [0.2, 0.25) is 0 Å². The summed E-state index contributed by atoms with van der Waals surface area (Å²) in [5.74, 6) is -0.956. The average Bonchev–Trinajstić information content (AvgIpc) is 2.35. The minimum absolute atomic E-state index is 0.0772. The normalized spacial score (nSPS) is 10.1.